The van der Waals surface area contributed by atoms with E-state index in [0.717, 1.165) is 282 Å². The van der Waals surface area contributed by atoms with Gasteiger partial charge in [0.2, 0.25) is 0 Å². The lowest BCUT2D eigenvalue weighted by Crippen LogP contribution is -2.07. The average Bonchev–Trinajstić information content (AvgIpc) is 1.75. The van der Waals surface area contributed by atoms with Gasteiger partial charge in [0.1, 0.15) is 86.8 Å². The zero-order valence-electron chi connectivity index (χ0n) is 85.5. The van der Waals surface area contributed by atoms with Crippen molar-refractivity contribution in [2.45, 2.75) is 280 Å². The first kappa shape index (κ1) is 129. The Morgan fingerprint density at radius 3 is 0.485 bits per heavy atom. The zero-order valence-corrected chi connectivity index (χ0v) is 85.5. The lowest BCUT2D eigenvalue weighted by atomic mass is 10.2. The summed E-state index contributed by atoms with van der Waals surface area (Å²) in [7, 11) is 20.4. The highest BCUT2D eigenvalue weighted by Crippen LogP contribution is 2.25. The molecular formula is C96H192O36. The van der Waals surface area contributed by atoms with Gasteiger partial charge >= 0.3 is 0 Å². The summed E-state index contributed by atoms with van der Waals surface area (Å²) in [5.41, 5.74) is 0. The highest BCUT2D eigenvalue weighted by molar-refractivity contribution is 4.83. The van der Waals surface area contributed by atoms with Crippen LogP contribution in [0.2, 0.25) is 0 Å². The standard InChI is InChI=1S/C11H22O3.2C10H20O3.2C9H18O3.2C8H16O3.2C7H14O3.2C6H12O3.C5H10O3/c1-10-11(14-10)9-13-8-6-4-3-5-7-12-2;1-9-10(13-9)8-12-7-5-3-4-6-11-2;1-11-6-4-2-3-5-7-12-8-10-9-13-10;1-8-9(12-8)7-11-6-4-3-5-10-2;1-10-5-3-2-4-6-11-7-9-8-12-9;1-7-8(11-7)6-10-5-3-4-9-2;1-9-4-2-3-5-10-6-8-7-11-8;1-6-7(10-6)5-9-4-3-8-2;1-8-3-2-4-9-5-7-6-10-7;1-5-6(9-5)3-8-4-7-2;1-7-2-3-8-4-6-5-9-6;1-6-4-7-2-5-3-8-5/h10-11H,3-9H2,1-2H3;9-10H,3-8H2,1-2H3;10H,2-9H2,1H3;8-9H,3-7H2,1-2H3;9H,2-8H2,1H3;7-8H,3-6H2,1-2H3;8H,2-7H2,1H3;6-7H,3-5H2,1-2H3;7H,2-6H2,1H3;5-6H,3-4H2,1-2H3;6H,2-5H2,1H3;5H,2-4H2,1H3. The second-order valence-corrected chi connectivity index (χ2v) is 33.3. The van der Waals surface area contributed by atoms with Gasteiger partial charge in [-0.3, -0.25) is 0 Å². The minimum atomic E-state index is 0.320. The Morgan fingerprint density at radius 2 is 0.288 bits per heavy atom. The molecule has 12 aliphatic rings. The van der Waals surface area contributed by atoms with Crippen LogP contribution in [-0.4, -0.2) is 460 Å². The van der Waals surface area contributed by atoms with Crippen molar-refractivity contribution in [3.63, 3.8) is 0 Å². The van der Waals surface area contributed by atoms with Crippen LogP contribution >= 0.6 is 0 Å². The Balaban J connectivity index is 0.000000722. The smallest absolute Gasteiger partial charge is 0.146 e. The summed E-state index contributed by atoms with van der Waals surface area (Å²) in [4.78, 5) is 0. The van der Waals surface area contributed by atoms with Gasteiger partial charge in [0.25, 0.3) is 0 Å². The molecule has 12 saturated heterocycles. The normalized spacial score (nSPS) is 25.5. The molecule has 12 rings (SSSR count). The van der Waals surface area contributed by atoms with E-state index in [9.17, 15) is 0 Å². The van der Waals surface area contributed by atoms with Gasteiger partial charge in [0, 0.05) is 191 Å². The summed E-state index contributed by atoms with van der Waals surface area (Å²) in [6.07, 6.45) is 29.8. The van der Waals surface area contributed by atoms with Gasteiger partial charge in [0.15, 0.2) is 0 Å². The summed E-state index contributed by atoms with van der Waals surface area (Å²) in [6, 6.07) is 0. The highest BCUT2D eigenvalue weighted by atomic mass is 16.7. The third-order valence-electron chi connectivity index (χ3n) is 20.3. The molecule has 36 nitrogen and oxygen atoms in total. The number of hydrogen-bond acceptors (Lipinski definition) is 36. The van der Waals surface area contributed by atoms with Crippen LogP contribution in [0.1, 0.15) is 170 Å². The van der Waals surface area contributed by atoms with Gasteiger partial charge in [-0.25, -0.2) is 0 Å². The monoisotopic (exact) mass is 1920 g/mol. The molecule has 36 heteroatoms. The van der Waals surface area contributed by atoms with Crippen molar-refractivity contribution in [1.29, 1.82) is 0 Å². The lowest BCUT2D eigenvalue weighted by molar-refractivity contribution is -0.0352. The second kappa shape index (κ2) is 97.0. The summed E-state index contributed by atoms with van der Waals surface area (Å²) < 4.78 is 182. The zero-order chi connectivity index (χ0) is 96.3. The van der Waals surface area contributed by atoms with Crippen molar-refractivity contribution < 1.29 is 171 Å². The third kappa shape index (κ3) is 103. The average molecular weight is 1920 g/mol. The largest absolute Gasteiger partial charge is 0.385 e. The number of methoxy groups -OCH3 is 12. The molecule has 0 aromatic carbocycles. The van der Waals surface area contributed by atoms with Gasteiger partial charge in [-0.2, -0.15) is 0 Å². The first-order valence-electron chi connectivity index (χ1n) is 49.1. The van der Waals surface area contributed by atoms with Crippen LogP contribution < -0.4 is 0 Å². The predicted octanol–water partition coefficient (Wildman–Crippen LogP) is 10.6. The summed E-state index contributed by atoms with van der Waals surface area (Å²) in [5.74, 6) is 0. The molecule has 18 unspecified atom stereocenters. The quantitative estimate of drug-likeness (QED) is 0.0310. The molecule has 0 aromatic rings. The van der Waals surface area contributed by atoms with Crippen molar-refractivity contribution >= 4 is 0 Å². The van der Waals surface area contributed by atoms with Crippen LogP contribution in [0.4, 0.5) is 0 Å². The maximum atomic E-state index is 5.48. The first-order valence-corrected chi connectivity index (χ1v) is 49.1. The van der Waals surface area contributed by atoms with Crippen LogP contribution in [0.25, 0.3) is 0 Å². The van der Waals surface area contributed by atoms with Crippen LogP contribution in [0, 0.1) is 0 Å². The SMILES string of the molecule is COCCCCCCOCC1CO1.COCCCCCCOCC1OC1C.COCCCCCOCC1CO1.COCCCCCOCC1OC1C.COCCCCOCC1CO1.COCCCCOCC1OC1C.COCCCOCC1CO1.COCCCOCC1OC1C.COCCOCC1CO1.COCCOCC1OC1C.COCOCC1CO1.COCOCC1OC1C. The summed E-state index contributed by atoms with van der Waals surface area (Å²) in [5, 5.41) is 0. The van der Waals surface area contributed by atoms with E-state index < -0.39 is 0 Å². The molecule has 792 valence electrons. The van der Waals surface area contributed by atoms with Crippen molar-refractivity contribution in [1.82, 2.24) is 0 Å². The van der Waals surface area contributed by atoms with E-state index in [1.807, 2.05) is 13.8 Å². The molecular weight excluding hydrogens is 1730 g/mol. The molecule has 0 bridgehead atoms. The van der Waals surface area contributed by atoms with Gasteiger partial charge in [-0.05, 0) is 144 Å². The minimum absolute atomic E-state index is 0.320. The number of epoxide rings is 12. The fraction of sp³-hybridized carbons (Fsp3) is 1.00. The molecule has 132 heavy (non-hydrogen) atoms. The second-order valence-electron chi connectivity index (χ2n) is 33.3. The molecule has 12 fully saturated rings. The van der Waals surface area contributed by atoms with E-state index in [2.05, 4.69) is 37.2 Å². The number of hydrogen-bond donors (Lipinski definition) is 0. The fourth-order valence-electron chi connectivity index (χ4n) is 10.7. The van der Waals surface area contributed by atoms with Gasteiger partial charge in [0.05, 0.1) is 182 Å². The highest BCUT2D eigenvalue weighted by Gasteiger charge is 2.38. The van der Waals surface area contributed by atoms with E-state index >= 15 is 0 Å². The van der Waals surface area contributed by atoms with E-state index in [4.69, 9.17) is 161 Å². The Labute approximate surface area is 796 Å². The van der Waals surface area contributed by atoms with E-state index in [1.54, 1.807) is 85.3 Å². The lowest BCUT2D eigenvalue weighted by Gasteiger charge is -2.02. The molecule has 0 spiro atoms. The van der Waals surface area contributed by atoms with E-state index in [0.29, 0.717) is 170 Å². The molecule has 0 amide bonds. The molecule has 0 N–H and O–H groups in total. The van der Waals surface area contributed by atoms with Gasteiger partial charge in [-0.1, -0.05) is 25.7 Å². The Bertz CT molecular complexity index is 2260. The fourth-order valence-corrected chi connectivity index (χ4v) is 10.7. The minimum Gasteiger partial charge on any atom is -0.385 e. The molecule has 18 atom stereocenters. The Hall–Kier alpha value is -1.44. The topological polar surface area (TPSA) is 372 Å². The number of rotatable bonds is 78. The van der Waals surface area contributed by atoms with Crippen molar-refractivity contribution in [2.24, 2.45) is 0 Å². The van der Waals surface area contributed by atoms with Crippen molar-refractivity contribution in [3.05, 3.63) is 0 Å². The molecule has 0 saturated carbocycles. The summed E-state index contributed by atoms with van der Waals surface area (Å²) in [6.45, 7) is 43.4. The molecule has 12 aliphatic heterocycles. The van der Waals surface area contributed by atoms with Crippen molar-refractivity contribution in [3.8, 4) is 0 Å². The maximum absolute atomic E-state index is 5.48. The predicted molar refractivity (Wildman–Crippen MR) is 499 cm³/mol. The molecule has 0 aromatic heterocycles. The van der Waals surface area contributed by atoms with Crippen molar-refractivity contribution in [2.75, 3.05) is 350 Å². The van der Waals surface area contributed by atoms with Crippen LogP contribution in [0.3, 0.4) is 0 Å². The van der Waals surface area contributed by atoms with Crippen LogP contribution in [0.5, 0.6) is 0 Å². The maximum Gasteiger partial charge on any atom is 0.146 e. The molecule has 0 radical (unpaired) electrons. The number of unbranched alkanes of at least 4 members (excludes halogenated alkanes) is 12. The Kier molecular flexibility index (Phi) is 94.5. The van der Waals surface area contributed by atoms with Gasteiger partial charge < -0.3 is 171 Å². The van der Waals surface area contributed by atoms with E-state index in [1.165, 1.54) is 51.4 Å². The third-order valence-corrected chi connectivity index (χ3v) is 20.3. The van der Waals surface area contributed by atoms with Crippen LogP contribution in [0.15, 0.2) is 0 Å². The number of ether oxygens (including phenoxy) is 36. The van der Waals surface area contributed by atoms with Crippen LogP contribution in [-0.2, 0) is 171 Å². The summed E-state index contributed by atoms with van der Waals surface area (Å²) >= 11 is 0. The Morgan fingerprint density at radius 1 is 0.152 bits per heavy atom. The van der Waals surface area contributed by atoms with Gasteiger partial charge in [-0.15, -0.1) is 0 Å². The first-order chi connectivity index (χ1) is 64.6. The molecule has 0 aliphatic carbocycles. The van der Waals surface area contributed by atoms with E-state index in [-0.39, 0.29) is 0 Å². The molecule has 12 heterocycles.